The molecule has 0 aromatic heterocycles. The Bertz CT molecular complexity index is 585. The summed E-state index contributed by atoms with van der Waals surface area (Å²) in [4.78, 5) is 32.2. The molecular weight excluding hydrogens is 340 g/mol. The predicted molar refractivity (Wildman–Crippen MR) is 94.9 cm³/mol. The Kier molecular flexibility index (Phi) is 6.61. The second kappa shape index (κ2) is 8.49. The second-order valence-corrected chi connectivity index (χ2v) is 12.7. The Balaban J connectivity index is 1.72. The summed E-state index contributed by atoms with van der Waals surface area (Å²) in [6.45, 7) is 8.83. The zero-order valence-electron chi connectivity index (χ0n) is 15.2. The molecule has 7 heteroatoms. The maximum atomic E-state index is 11.8. The highest BCUT2D eigenvalue weighted by Gasteiger charge is 2.23. The van der Waals surface area contributed by atoms with E-state index in [-0.39, 0.29) is 6.10 Å². The molecule has 138 valence electrons. The van der Waals surface area contributed by atoms with Gasteiger partial charge in [0.1, 0.15) is 6.10 Å². The molecule has 0 unspecified atom stereocenters. The molecule has 0 bridgehead atoms. The molecule has 1 aliphatic rings. The van der Waals surface area contributed by atoms with Gasteiger partial charge < -0.3 is 4.74 Å². The fourth-order valence-corrected chi connectivity index (χ4v) is 3.90. The Morgan fingerprint density at radius 3 is 2.12 bits per heavy atom. The number of hydrogen-bond acceptors (Lipinski definition) is 6. The number of ether oxygens (including phenoxy) is 1. The Labute approximate surface area is 149 Å². The van der Waals surface area contributed by atoms with Crippen LogP contribution in [0.5, 0.6) is 0 Å². The molecule has 0 atom stereocenters. The van der Waals surface area contributed by atoms with Crippen LogP contribution in [-0.2, 0) is 19.6 Å². The summed E-state index contributed by atoms with van der Waals surface area (Å²) in [6.07, 6.45) is 2.47. The lowest BCUT2D eigenvalue weighted by Crippen LogP contribution is -2.37. The smallest absolute Gasteiger partial charge is 0.429 e. The van der Waals surface area contributed by atoms with Crippen LogP contribution in [0.2, 0.25) is 19.6 Å². The van der Waals surface area contributed by atoms with Gasteiger partial charge in [0, 0.05) is 0 Å². The van der Waals surface area contributed by atoms with Gasteiger partial charge in [-0.1, -0.05) is 43.9 Å². The standard InChI is InChI=1S/C18H26O6Si/c1-13-5-9-15(10-6-13)21-18(20)23-24-22-17(19)14-7-11-16(12-8-14)25(2,3)4/h7-8,11-13,15H,5-6,9-10H2,1-4H3. The molecule has 2 rings (SSSR count). The van der Waals surface area contributed by atoms with E-state index in [1.54, 1.807) is 12.1 Å². The second-order valence-electron chi connectivity index (χ2n) is 7.60. The van der Waals surface area contributed by atoms with Crippen LogP contribution in [0.1, 0.15) is 43.0 Å². The van der Waals surface area contributed by atoms with Crippen LogP contribution >= 0.6 is 0 Å². The Morgan fingerprint density at radius 1 is 0.960 bits per heavy atom. The molecule has 1 aliphatic carbocycles. The van der Waals surface area contributed by atoms with Crippen molar-refractivity contribution in [3.05, 3.63) is 29.8 Å². The zero-order chi connectivity index (χ0) is 18.4. The molecule has 6 nitrogen and oxygen atoms in total. The molecule has 1 saturated carbocycles. The van der Waals surface area contributed by atoms with Crippen molar-refractivity contribution in [3.63, 3.8) is 0 Å². The Morgan fingerprint density at radius 2 is 1.56 bits per heavy atom. The van der Waals surface area contributed by atoms with Crippen LogP contribution in [0.4, 0.5) is 4.79 Å². The van der Waals surface area contributed by atoms with E-state index in [0.29, 0.717) is 11.5 Å². The average molecular weight is 366 g/mol. The van der Waals surface area contributed by atoms with E-state index in [1.807, 2.05) is 12.1 Å². The molecule has 1 aromatic rings. The van der Waals surface area contributed by atoms with E-state index in [1.165, 1.54) is 5.19 Å². The minimum absolute atomic E-state index is 0.169. The first-order valence-electron chi connectivity index (χ1n) is 8.62. The van der Waals surface area contributed by atoms with Gasteiger partial charge in [0.25, 0.3) is 0 Å². The third-order valence-corrected chi connectivity index (χ3v) is 6.49. The summed E-state index contributed by atoms with van der Waals surface area (Å²) in [7, 11) is -1.43. The first-order chi connectivity index (χ1) is 11.8. The molecule has 1 aromatic carbocycles. The van der Waals surface area contributed by atoms with Crippen LogP contribution in [0.15, 0.2) is 24.3 Å². The van der Waals surface area contributed by atoms with Gasteiger partial charge in [-0.05, 0) is 43.7 Å². The maximum Gasteiger partial charge on any atom is 0.543 e. The molecule has 0 saturated heterocycles. The molecule has 0 amide bonds. The van der Waals surface area contributed by atoms with Crippen LogP contribution in [-0.4, -0.2) is 26.3 Å². The highest BCUT2D eigenvalue weighted by Crippen LogP contribution is 2.25. The van der Waals surface area contributed by atoms with Crippen molar-refractivity contribution in [2.24, 2.45) is 5.92 Å². The number of carbonyl (C=O) groups is 2. The van der Waals surface area contributed by atoms with Crippen molar-refractivity contribution in [1.29, 1.82) is 0 Å². The monoisotopic (exact) mass is 366 g/mol. The summed E-state index contributed by atoms with van der Waals surface area (Å²) in [5, 5.41) is 5.48. The van der Waals surface area contributed by atoms with E-state index >= 15 is 0 Å². The summed E-state index contributed by atoms with van der Waals surface area (Å²) in [5.41, 5.74) is 0.320. The topological polar surface area (TPSA) is 71.1 Å². The molecule has 25 heavy (non-hydrogen) atoms. The van der Waals surface area contributed by atoms with E-state index < -0.39 is 20.2 Å². The molecule has 0 spiro atoms. The van der Waals surface area contributed by atoms with Crippen LogP contribution in [0, 0.1) is 5.92 Å². The van der Waals surface area contributed by atoms with Crippen LogP contribution < -0.4 is 5.19 Å². The van der Waals surface area contributed by atoms with Crippen LogP contribution in [0.25, 0.3) is 0 Å². The SMILES string of the molecule is CC1CCC(OC(=O)OOOC(=O)c2ccc([Si](C)(C)C)cc2)CC1. The molecular formula is C18H26O6Si. The van der Waals surface area contributed by atoms with Gasteiger partial charge in [-0.2, -0.15) is 0 Å². The van der Waals surface area contributed by atoms with Gasteiger partial charge in [-0.15, -0.1) is 0 Å². The summed E-state index contributed by atoms with van der Waals surface area (Å²) in [5.74, 6) is -0.0816. The van der Waals surface area contributed by atoms with Crippen LogP contribution in [0.3, 0.4) is 0 Å². The van der Waals surface area contributed by atoms with Crippen molar-refractivity contribution >= 4 is 25.4 Å². The van der Waals surface area contributed by atoms with Gasteiger partial charge in [-0.25, -0.2) is 14.5 Å². The van der Waals surface area contributed by atoms with Crippen molar-refractivity contribution in [1.82, 2.24) is 0 Å². The normalized spacial score (nSPS) is 20.6. The third-order valence-electron chi connectivity index (χ3n) is 4.42. The van der Waals surface area contributed by atoms with E-state index in [2.05, 4.69) is 41.4 Å². The van der Waals surface area contributed by atoms with Crippen molar-refractivity contribution in [2.45, 2.75) is 58.4 Å². The summed E-state index contributed by atoms with van der Waals surface area (Å²) < 4.78 is 5.11. The first kappa shape index (κ1) is 19.5. The molecule has 1 fully saturated rings. The fraction of sp³-hybridized carbons (Fsp3) is 0.556. The van der Waals surface area contributed by atoms with Gasteiger partial charge in [-0.3, -0.25) is 4.89 Å². The van der Waals surface area contributed by atoms with E-state index in [9.17, 15) is 9.59 Å². The van der Waals surface area contributed by atoms with Crippen molar-refractivity contribution in [3.8, 4) is 0 Å². The number of rotatable bonds is 5. The number of carbonyl (C=O) groups excluding carboxylic acids is 2. The third kappa shape index (κ3) is 6.17. The lowest BCUT2D eigenvalue weighted by Gasteiger charge is -2.24. The highest BCUT2D eigenvalue weighted by atomic mass is 28.3. The lowest BCUT2D eigenvalue weighted by atomic mass is 9.89. The minimum Gasteiger partial charge on any atom is -0.429 e. The van der Waals surface area contributed by atoms with E-state index in [4.69, 9.17) is 4.74 Å². The fourth-order valence-electron chi connectivity index (χ4n) is 2.73. The maximum absolute atomic E-state index is 11.8. The summed E-state index contributed by atoms with van der Waals surface area (Å²) in [6, 6.07) is 7.14. The molecule has 0 aliphatic heterocycles. The van der Waals surface area contributed by atoms with Gasteiger partial charge in [0.2, 0.25) is 0 Å². The predicted octanol–water partition coefficient (Wildman–Crippen LogP) is 3.97. The molecule has 0 N–H and O–H groups in total. The molecule has 0 heterocycles. The first-order valence-corrected chi connectivity index (χ1v) is 12.1. The number of hydrogen-bond donors (Lipinski definition) is 0. The van der Waals surface area contributed by atoms with Gasteiger partial charge >= 0.3 is 12.1 Å². The van der Waals surface area contributed by atoms with Gasteiger partial charge in [0.15, 0.2) is 0 Å². The van der Waals surface area contributed by atoms with Crippen molar-refractivity contribution in [2.75, 3.05) is 0 Å². The average Bonchev–Trinajstić information content (AvgIpc) is 2.56. The van der Waals surface area contributed by atoms with Crippen molar-refractivity contribution < 1.29 is 29.1 Å². The zero-order valence-corrected chi connectivity index (χ0v) is 16.2. The van der Waals surface area contributed by atoms with E-state index in [0.717, 1.165) is 25.7 Å². The highest BCUT2D eigenvalue weighted by molar-refractivity contribution is 6.88. The lowest BCUT2D eigenvalue weighted by molar-refractivity contribution is -0.453. The minimum atomic E-state index is -1.43. The van der Waals surface area contributed by atoms with Gasteiger partial charge in [0.05, 0.1) is 18.7 Å². The Hall–Kier alpha value is -1.86. The largest absolute Gasteiger partial charge is 0.543 e. The summed E-state index contributed by atoms with van der Waals surface area (Å²) >= 11 is 0. The molecule has 0 radical (unpaired) electrons. The quantitative estimate of drug-likeness (QED) is 0.340. The number of benzene rings is 1.